The van der Waals surface area contributed by atoms with Crippen molar-refractivity contribution in [2.75, 3.05) is 20.2 Å². The fraction of sp³-hybridized carbons (Fsp3) is 0.316. The van der Waals surface area contributed by atoms with Crippen LogP contribution in [-0.4, -0.2) is 85.3 Å². The molecule has 1 unspecified atom stereocenters. The number of ether oxygens (including phenoxy) is 1. The van der Waals surface area contributed by atoms with Crippen LogP contribution in [0.15, 0.2) is 65.6 Å². The van der Waals surface area contributed by atoms with Gasteiger partial charge in [0.05, 0.1) is 35.9 Å². The van der Waals surface area contributed by atoms with Crippen LogP contribution < -0.4 is 26.2 Å². The van der Waals surface area contributed by atoms with Crippen LogP contribution in [0, 0.1) is 0 Å². The maximum atomic E-state index is 13.6. The zero-order chi connectivity index (χ0) is 39.9. The van der Waals surface area contributed by atoms with Crippen molar-refractivity contribution >= 4 is 46.6 Å². The first-order valence-electron chi connectivity index (χ1n) is 17.6. The first-order valence-corrected chi connectivity index (χ1v) is 18.4. The van der Waals surface area contributed by atoms with E-state index < -0.39 is 30.4 Å². The van der Waals surface area contributed by atoms with Crippen molar-refractivity contribution < 1.29 is 33.0 Å². The van der Waals surface area contributed by atoms with Crippen molar-refractivity contribution in [3.05, 3.63) is 92.6 Å². The molecule has 0 bridgehead atoms. The Morgan fingerprint density at radius 1 is 1.04 bits per heavy atom. The van der Waals surface area contributed by atoms with Crippen molar-refractivity contribution in [1.82, 2.24) is 40.0 Å². The molecule has 2 aliphatic heterocycles. The van der Waals surface area contributed by atoms with E-state index in [1.807, 2.05) is 30.3 Å². The zero-order valence-electron chi connectivity index (χ0n) is 30.1. The summed E-state index contributed by atoms with van der Waals surface area (Å²) in [5, 5.41) is 23.2. The summed E-state index contributed by atoms with van der Waals surface area (Å²) in [7, 11) is 3.01. The van der Waals surface area contributed by atoms with E-state index in [0.29, 0.717) is 67.8 Å². The number of rotatable bonds is 12. The molecule has 2 fully saturated rings. The highest BCUT2D eigenvalue weighted by Gasteiger charge is 2.47. The minimum atomic E-state index is -3.41. The van der Waals surface area contributed by atoms with Gasteiger partial charge in [-0.15, -0.1) is 0 Å². The minimum Gasteiger partial charge on any atom is -0.481 e. The van der Waals surface area contributed by atoms with Gasteiger partial charge in [0.15, 0.2) is 0 Å². The number of carbonyl (C=O) groups is 3. The van der Waals surface area contributed by atoms with Crippen LogP contribution in [0.4, 0.5) is 13.6 Å². The highest BCUT2D eigenvalue weighted by Crippen LogP contribution is 2.42. The second-order valence-electron chi connectivity index (χ2n) is 13.7. The molecule has 2 aromatic carbocycles. The van der Waals surface area contributed by atoms with E-state index in [0.717, 1.165) is 0 Å². The molecular formula is C38H36Cl2F2N8O6. The fourth-order valence-electron chi connectivity index (χ4n) is 7.02. The van der Waals surface area contributed by atoms with Crippen LogP contribution in [0.5, 0.6) is 5.88 Å². The standard InChI is InChI=1S/C38H36Cl2F2N8O6/c1-48-30(16-43-15-23-14-38(41,42)36(53)45-23)47-50-18-21(13-29(50)35(48)52)24-5-3-6-25(32(24)39)26-7-4-8-27(33(26)40)28-11-9-20(34(46-28)56-2)17-49(37(54)55)19-22-10-12-31(51)44-22/h3-9,11,13,18,22-23,43H,10,12,14-17,19H2,1-2H3,(H,44,51)(H,45,53)(H,54,55)/t22-,23?/m0/s1. The van der Waals surface area contributed by atoms with Crippen molar-refractivity contribution in [2.24, 2.45) is 7.05 Å². The van der Waals surface area contributed by atoms with E-state index in [2.05, 4.69) is 26.0 Å². The molecule has 56 heavy (non-hydrogen) atoms. The Balaban J connectivity index is 1.13. The van der Waals surface area contributed by atoms with Crippen LogP contribution in [0.2, 0.25) is 10.0 Å². The van der Waals surface area contributed by atoms with Crippen molar-refractivity contribution in [3.8, 4) is 39.4 Å². The number of carbonyl (C=O) groups excluding carboxylic acids is 2. The minimum absolute atomic E-state index is 0.00573. The summed E-state index contributed by atoms with van der Waals surface area (Å²) in [6.45, 7) is 0.279. The summed E-state index contributed by atoms with van der Waals surface area (Å²) in [5.41, 5.74) is 3.99. The van der Waals surface area contributed by atoms with Gasteiger partial charge >= 0.3 is 12.0 Å². The van der Waals surface area contributed by atoms with Gasteiger partial charge < -0.3 is 30.7 Å². The van der Waals surface area contributed by atoms with Crippen molar-refractivity contribution in [3.63, 3.8) is 0 Å². The number of pyridine rings is 1. The molecule has 0 saturated carbocycles. The predicted octanol–water partition coefficient (Wildman–Crippen LogP) is 5.12. The third-order valence-corrected chi connectivity index (χ3v) is 10.8. The van der Waals surface area contributed by atoms with Gasteiger partial charge in [0.1, 0.15) is 11.3 Å². The van der Waals surface area contributed by atoms with Crippen LogP contribution in [0.25, 0.3) is 39.0 Å². The highest BCUT2D eigenvalue weighted by atomic mass is 35.5. The van der Waals surface area contributed by atoms with Crippen LogP contribution in [-0.2, 0) is 29.7 Å². The number of nitrogens with zero attached hydrogens (tertiary/aromatic N) is 5. The topological polar surface area (TPSA) is 172 Å². The number of nitrogens with one attached hydrogen (secondary N) is 3. The summed E-state index contributed by atoms with van der Waals surface area (Å²) in [4.78, 5) is 54.4. The first-order chi connectivity index (χ1) is 26.7. The van der Waals surface area contributed by atoms with Crippen molar-refractivity contribution in [1.29, 1.82) is 0 Å². The summed E-state index contributed by atoms with van der Waals surface area (Å²) < 4.78 is 35.6. The van der Waals surface area contributed by atoms with E-state index >= 15 is 0 Å². The molecule has 2 atom stereocenters. The molecule has 5 heterocycles. The van der Waals surface area contributed by atoms with E-state index in [1.165, 1.54) is 21.1 Å². The normalized spacial score (nSPS) is 17.6. The average molecular weight is 810 g/mol. The Morgan fingerprint density at radius 2 is 1.73 bits per heavy atom. The summed E-state index contributed by atoms with van der Waals surface area (Å²) >= 11 is 14.1. The maximum absolute atomic E-state index is 13.6. The van der Waals surface area contributed by atoms with Crippen LogP contribution >= 0.6 is 23.2 Å². The number of hydrogen-bond donors (Lipinski definition) is 4. The molecule has 18 heteroatoms. The lowest BCUT2D eigenvalue weighted by atomic mass is 9.97. The Bertz CT molecular complexity index is 2440. The van der Waals surface area contributed by atoms with Crippen molar-refractivity contribution in [2.45, 2.75) is 50.4 Å². The van der Waals surface area contributed by atoms with Gasteiger partial charge in [-0.2, -0.15) is 13.9 Å². The Hall–Kier alpha value is -5.58. The van der Waals surface area contributed by atoms with E-state index in [1.54, 1.807) is 37.5 Å². The lowest BCUT2D eigenvalue weighted by Crippen LogP contribution is -2.41. The SMILES string of the molecule is COc1nc(-c2cccc(-c3cccc(-c4cc5c(=O)n(C)c(CNCC6CC(F)(F)C(=O)N6)nn5c4)c3Cl)c2Cl)ccc1CN(C[C@@H]1CCC(=O)N1)C(=O)O. The molecule has 5 aromatic rings. The number of hydrogen-bond acceptors (Lipinski definition) is 8. The third-order valence-electron chi connectivity index (χ3n) is 9.94. The summed E-state index contributed by atoms with van der Waals surface area (Å²) in [6.07, 6.45) is 0.839. The number of carboxylic acid groups (broad SMARTS) is 1. The molecule has 7 rings (SSSR count). The fourth-order valence-corrected chi connectivity index (χ4v) is 7.68. The molecular weight excluding hydrogens is 773 g/mol. The molecule has 292 valence electrons. The summed E-state index contributed by atoms with van der Waals surface area (Å²) in [6, 6.07) is 15.0. The second kappa shape index (κ2) is 15.5. The lowest BCUT2D eigenvalue weighted by molar-refractivity contribution is -0.139. The Labute approximate surface area is 328 Å². The van der Waals surface area contributed by atoms with Gasteiger partial charge in [-0.25, -0.2) is 14.3 Å². The first kappa shape index (κ1) is 38.7. The molecule has 3 amide bonds. The molecule has 3 aromatic heterocycles. The second-order valence-corrected chi connectivity index (χ2v) is 14.5. The lowest BCUT2D eigenvalue weighted by Gasteiger charge is -2.23. The number of fused-ring (bicyclic) bond motifs is 1. The zero-order valence-corrected chi connectivity index (χ0v) is 31.6. The molecule has 0 aliphatic carbocycles. The molecule has 0 radical (unpaired) electrons. The van der Waals surface area contributed by atoms with Gasteiger partial charge in [-0.05, 0) is 24.6 Å². The monoisotopic (exact) mass is 808 g/mol. The highest BCUT2D eigenvalue weighted by molar-refractivity contribution is 6.39. The average Bonchev–Trinajstić information content (AvgIpc) is 3.86. The third kappa shape index (κ3) is 7.63. The predicted molar refractivity (Wildman–Crippen MR) is 204 cm³/mol. The number of alkyl halides is 2. The smallest absolute Gasteiger partial charge is 0.407 e. The Kier molecular flexibility index (Phi) is 10.7. The maximum Gasteiger partial charge on any atom is 0.407 e. The van der Waals surface area contributed by atoms with Crippen LogP contribution in [0.1, 0.15) is 30.7 Å². The van der Waals surface area contributed by atoms with Gasteiger partial charge in [0, 0.05) is 84.6 Å². The number of amides is 3. The van der Waals surface area contributed by atoms with Gasteiger partial charge in [-0.1, -0.05) is 59.6 Å². The molecule has 2 aliphatic rings. The summed E-state index contributed by atoms with van der Waals surface area (Å²) in [5.74, 6) is -4.24. The quantitative estimate of drug-likeness (QED) is 0.134. The molecule has 2 saturated heterocycles. The van der Waals surface area contributed by atoms with Crippen LogP contribution in [0.3, 0.4) is 0 Å². The number of methoxy groups -OCH3 is 1. The van der Waals surface area contributed by atoms with E-state index in [9.17, 15) is 33.1 Å². The van der Waals surface area contributed by atoms with Gasteiger partial charge in [0.25, 0.3) is 11.5 Å². The van der Waals surface area contributed by atoms with E-state index in [4.69, 9.17) is 27.9 Å². The number of benzene rings is 2. The van der Waals surface area contributed by atoms with Gasteiger partial charge in [-0.3, -0.25) is 19.0 Å². The number of aromatic nitrogens is 4. The molecule has 4 N–H and O–H groups in total. The largest absolute Gasteiger partial charge is 0.481 e. The number of halogens is 4. The Morgan fingerprint density at radius 3 is 2.38 bits per heavy atom. The molecule has 14 nitrogen and oxygen atoms in total. The molecule has 0 spiro atoms. The van der Waals surface area contributed by atoms with E-state index in [-0.39, 0.29) is 55.1 Å². The van der Waals surface area contributed by atoms with Gasteiger partial charge in [0.2, 0.25) is 11.8 Å².